The Morgan fingerprint density at radius 3 is 2.50 bits per heavy atom. The standard InChI is InChI=1S/C15H16N2O3S.CH5NO/c16-9-11-4-6-14(7-5-11)21(19,20)17-13(10-18)8-12-2-1-3-15(12)17;1-2-3/h4-7,10,12-13,15H,1-3,8H2;2-3H,1H3/t12-,13-,15-;/m1./s1. The van der Waals surface area contributed by atoms with E-state index in [1.165, 1.54) is 35.6 Å². The van der Waals surface area contributed by atoms with Crippen molar-refractivity contribution >= 4 is 16.3 Å². The van der Waals surface area contributed by atoms with Crippen LogP contribution in [0.5, 0.6) is 0 Å². The lowest BCUT2D eigenvalue weighted by molar-refractivity contribution is -0.110. The summed E-state index contributed by atoms with van der Waals surface area (Å²) in [7, 11) is -2.26. The van der Waals surface area contributed by atoms with E-state index in [0.29, 0.717) is 17.9 Å². The van der Waals surface area contributed by atoms with Gasteiger partial charge in [-0.3, -0.25) is 0 Å². The van der Waals surface area contributed by atoms with Gasteiger partial charge in [-0.05, 0) is 49.4 Å². The number of nitrogens with zero attached hydrogens (tertiary/aromatic N) is 2. The third kappa shape index (κ3) is 3.49. The van der Waals surface area contributed by atoms with Crippen LogP contribution in [0.2, 0.25) is 0 Å². The van der Waals surface area contributed by atoms with Crippen molar-refractivity contribution in [1.29, 1.82) is 5.26 Å². The summed E-state index contributed by atoms with van der Waals surface area (Å²) in [5.74, 6) is 0.299. The first-order valence-corrected chi connectivity index (χ1v) is 9.23. The number of aldehydes is 1. The molecular formula is C16H21N3O4S. The van der Waals surface area contributed by atoms with E-state index in [9.17, 15) is 13.2 Å². The lowest BCUT2D eigenvalue weighted by atomic mass is 10.0. The van der Waals surface area contributed by atoms with Gasteiger partial charge in [0.05, 0.1) is 22.6 Å². The molecule has 1 aliphatic heterocycles. The number of carbonyl (C=O) groups excluding carboxylic acids is 1. The molecule has 2 fully saturated rings. The first-order chi connectivity index (χ1) is 11.5. The third-order valence-electron chi connectivity index (χ3n) is 4.53. The van der Waals surface area contributed by atoms with E-state index >= 15 is 0 Å². The number of rotatable bonds is 3. The summed E-state index contributed by atoms with van der Waals surface area (Å²) in [5, 5.41) is 16.1. The van der Waals surface area contributed by atoms with Crippen molar-refractivity contribution in [2.24, 2.45) is 5.92 Å². The normalized spacial score (nSPS) is 26.1. The molecule has 0 spiro atoms. The van der Waals surface area contributed by atoms with Gasteiger partial charge in [-0.1, -0.05) is 6.42 Å². The van der Waals surface area contributed by atoms with Crippen LogP contribution < -0.4 is 5.48 Å². The average Bonchev–Trinajstić information content (AvgIpc) is 3.15. The Morgan fingerprint density at radius 1 is 1.33 bits per heavy atom. The van der Waals surface area contributed by atoms with Gasteiger partial charge in [-0.25, -0.2) is 13.9 Å². The van der Waals surface area contributed by atoms with Crippen molar-refractivity contribution in [3.05, 3.63) is 29.8 Å². The Bertz CT molecular complexity index is 712. The second kappa shape index (κ2) is 7.85. The van der Waals surface area contributed by atoms with Crippen molar-refractivity contribution in [3.63, 3.8) is 0 Å². The Morgan fingerprint density at radius 2 is 1.96 bits per heavy atom. The molecule has 0 amide bonds. The number of hydrogen-bond acceptors (Lipinski definition) is 6. The molecule has 2 aliphatic rings. The van der Waals surface area contributed by atoms with E-state index in [1.54, 1.807) is 5.48 Å². The molecule has 3 rings (SSSR count). The molecule has 0 bridgehead atoms. The second-order valence-electron chi connectivity index (χ2n) is 5.89. The zero-order chi connectivity index (χ0) is 17.7. The van der Waals surface area contributed by atoms with Gasteiger partial charge in [0.1, 0.15) is 6.29 Å². The highest BCUT2D eigenvalue weighted by Crippen LogP contribution is 2.43. The quantitative estimate of drug-likeness (QED) is 0.627. The number of fused-ring (bicyclic) bond motifs is 1. The molecule has 3 atom stereocenters. The summed E-state index contributed by atoms with van der Waals surface area (Å²) in [5.41, 5.74) is 2.17. The molecule has 0 radical (unpaired) electrons. The SMILES string of the molecule is CNO.N#Cc1ccc(S(=O)(=O)N2[C@@H]3CCC[C@@H]3C[C@@H]2C=O)cc1. The van der Waals surface area contributed by atoms with Crippen LogP contribution >= 0.6 is 0 Å². The summed E-state index contributed by atoms with van der Waals surface area (Å²) in [4.78, 5) is 11.4. The van der Waals surface area contributed by atoms with Gasteiger partial charge in [0.15, 0.2) is 0 Å². The number of benzene rings is 1. The minimum Gasteiger partial charge on any atom is -0.317 e. The zero-order valence-corrected chi connectivity index (χ0v) is 14.2. The highest BCUT2D eigenvalue weighted by atomic mass is 32.2. The van der Waals surface area contributed by atoms with Gasteiger partial charge in [0.25, 0.3) is 0 Å². The molecule has 8 heteroatoms. The van der Waals surface area contributed by atoms with Crippen LogP contribution in [0.3, 0.4) is 0 Å². The van der Waals surface area contributed by atoms with Crippen LogP contribution in [0.1, 0.15) is 31.2 Å². The van der Waals surface area contributed by atoms with Crippen LogP contribution in [0.25, 0.3) is 0 Å². The summed E-state index contributed by atoms with van der Waals surface area (Å²) in [6, 6.07) is 7.23. The molecule has 24 heavy (non-hydrogen) atoms. The molecule has 1 aromatic carbocycles. The topological polar surface area (TPSA) is 110 Å². The van der Waals surface area contributed by atoms with E-state index in [1.807, 2.05) is 6.07 Å². The largest absolute Gasteiger partial charge is 0.317 e. The molecular weight excluding hydrogens is 330 g/mol. The minimum absolute atomic E-state index is 0.0548. The highest BCUT2D eigenvalue weighted by molar-refractivity contribution is 7.89. The maximum absolute atomic E-state index is 12.8. The lowest BCUT2D eigenvalue weighted by Gasteiger charge is -2.26. The molecule has 130 valence electrons. The molecule has 0 aromatic heterocycles. The van der Waals surface area contributed by atoms with E-state index in [2.05, 4.69) is 0 Å². The van der Waals surface area contributed by atoms with Gasteiger partial charge in [0.2, 0.25) is 10.0 Å². The first-order valence-electron chi connectivity index (χ1n) is 7.79. The smallest absolute Gasteiger partial charge is 0.243 e. The predicted octanol–water partition coefficient (Wildman–Crippen LogP) is 1.28. The van der Waals surface area contributed by atoms with Gasteiger partial charge in [-0.15, -0.1) is 0 Å². The van der Waals surface area contributed by atoms with Gasteiger partial charge >= 0.3 is 0 Å². The summed E-state index contributed by atoms with van der Waals surface area (Å²) < 4.78 is 27.1. The first kappa shape index (κ1) is 18.5. The summed E-state index contributed by atoms with van der Waals surface area (Å²) in [6.45, 7) is 0. The number of hydrogen-bond donors (Lipinski definition) is 2. The Labute approximate surface area is 141 Å². The zero-order valence-electron chi connectivity index (χ0n) is 13.4. The molecule has 1 aliphatic carbocycles. The molecule has 7 nitrogen and oxygen atoms in total. The van der Waals surface area contributed by atoms with Gasteiger partial charge in [-0.2, -0.15) is 9.57 Å². The van der Waals surface area contributed by atoms with Crippen molar-refractivity contribution in [3.8, 4) is 6.07 Å². The van der Waals surface area contributed by atoms with Crippen molar-refractivity contribution in [2.75, 3.05) is 7.05 Å². The van der Waals surface area contributed by atoms with E-state index in [0.717, 1.165) is 25.5 Å². The highest BCUT2D eigenvalue weighted by Gasteiger charge is 2.49. The fraction of sp³-hybridized carbons (Fsp3) is 0.500. The number of nitrogens with one attached hydrogen (secondary N) is 1. The number of sulfonamides is 1. The van der Waals surface area contributed by atoms with Gasteiger partial charge < -0.3 is 10.0 Å². The summed E-state index contributed by atoms with van der Waals surface area (Å²) >= 11 is 0. The Hall–Kier alpha value is -1.79. The predicted molar refractivity (Wildman–Crippen MR) is 86.6 cm³/mol. The maximum atomic E-state index is 12.8. The number of carbonyl (C=O) groups is 1. The van der Waals surface area contributed by atoms with E-state index < -0.39 is 16.1 Å². The number of nitriles is 1. The van der Waals surface area contributed by atoms with Crippen LogP contribution in [0.15, 0.2) is 29.2 Å². The number of hydroxylamine groups is 1. The molecule has 1 saturated carbocycles. The Kier molecular flexibility index (Phi) is 6.07. The Balaban J connectivity index is 0.000000647. The van der Waals surface area contributed by atoms with Crippen LogP contribution in [-0.2, 0) is 14.8 Å². The maximum Gasteiger partial charge on any atom is 0.243 e. The fourth-order valence-electron chi connectivity index (χ4n) is 3.58. The van der Waals surface area contributed by atoms with Crippen LogP contribution in [0, 0.1) is 17.2 Å². The minimum atomic E-state index is -3.69. The molecule has 1 aromatic rings. The lowest BCUT2D eigenvalue weighted by Crippen LogP contribution is -2.41. The second-order valence-corrected chi connectivity index (χ2v) is 7.74. The third-order valence-corrected chi connectivity index (χ3v) is 6.50. The molecule has 1 heterocycles. The molecule has 1 saturated heterocycles. The molecule has 0 unspecified atom stereocenters. The van der Waals surface area contributed by atoms with Crippen LogP contribution in [0.4, 0.5) is 0 Å². The van der Waals surface area contributed by atoms with Crippen molar-refractivity contribution in [1.82, 2.24) is 9.79 Å². The fourth-order valence-corrected chi connectivity index (χ4v) is 5.43. The average molecular weight is 351 g/mol. The van der Waals surface area contributed by atoms with Crippen molar-refractivity contribution in [2.45, 2.75) is 42.7 Å². The molecule has 2 N–H and O–H groups in total. The summed E-state index contributed by atoms with van der Waals surface area (Å²) in [6.07, 6.45) is 4.21. The van der Waals surface area contributed by atoms with E-state index in [-0.39, 0.29) is 10.9 Å². The monoisotopic (exact) mass is 351 g/mol. The van der Waals surface area contributed by atoms with E-state index in [4.69, 9.17) is 10.5 Å². The van der Waals surface area contributed by atoms with Gasteiger partial charge in [0, 0.05) is 13.1 Å². The van der Waals surface area contributed by atoms with Crippen molar-refractivity contribution < 1.29 is 18.4 Å². The van der Waals surface area contributed by atoms with Crippen LogP contribution in [-0.4, -0.2) is 43.3 Å².